The number of isothiocyanates is 1. The zero-order valence-electron chi connectivity index (χ0n) is 5.98. The number of thiocarbonyl (C=S) groups is 1. The lowest BCUT2D eigenvalue weighted by atomic mass is 10.2. The summed E-state index contributed by atoms with van der Waals surface area (Å²) in [6.45, 7) is 0.853. The van der Waals surface area contributed by atoms with Crippen LogP contribution < -0.4 is 0 Å². The Morgan fingerprint density at radius 2 is 1.90 bits per heavy atom. The number of nitrogens with zero attached hydrogens (tertiary/aromatic N) is 1. The minimum Gasteiger partial charge on any atom is -0.233 e. The lowest BCUT2D eigenvalue weighted by Gasteiger charge is -1.93. The van der Waals surface area contributed by atoms with E-state index in [4.69, 9.17) is 0 Å². The third kappa shape index (κ3) is 8.28. The molecule has 0 saturated carbocycles. The highest BCUT2D eigenvalue weighted by Gasteiger charge is 1.86. The van der Waals surface area contributed by atoms with Gasteiger partial charge < -0.3 is 0 Å². The summed E-state index contributed by atoms with van der Waals surface area (Å²) in [7, 11) is 0. The van der Waals surface area contributed by atoms with Crippen molar-refractivity contribution in [2.45, 2.75) is 25.7 Å². The van der Waals surface area contributed by atoms with Crippen LogP contribution >= 0.6 is 28.1 Å². The summed E-state index contributed by atoms with van der Waals surface area (Å²) in [4.78, 5) is 3.82. The maximum absolute atomic E-state index is 4.43. The van der Waals surface area contributed by atoms with Crippen molar-refractivity contribution in [3.8, 4) is 0 Å². The van der Waals surface area contributed by atoms with Crippen molar-refractivity contribution in [3.63, 3.8) is 0 Å². The van der Waals surface area contributed by atoms with Crippen molar-refractivity contribution in [2.24, 2.45) is 4.99 Å². The summed E-state index contributed by atoms with van der Waals surface area (Å²) in [5, 5.41) is 3.47. The largest absolute Gasteiger partial charge is 0.233 e. The molecular weight excluding hydrogens is 210 g/mol. The van der Waals surface area contributed by atoms with E-state index in [9.17, 15) is 0 Å². The molecule has 0 amide bonds. The van der Waals surface area contributed by atoms with E-state index < -0.39 is 0 Å². The molecule has 0 aliphatic rings. The van der Waals surface area contributed by atoms with Crippen molar-refractivity contribution in [3.05, 3.63) is 0 Å². The molecule has 0 aliphatic carbocycles. The molecule has 0 radical (unpaired) electrons. The van der Waals surface area contributed by atoms with Crippen LogP contribution in [0.1, 0.15) is 25.7 Å². The molecule has 0 rings (SSSR count). The van der Waals surface area contributed by atoms with Gasteiger partial charge >= 0.3 is 0 Å². The normalized spacial score (nSPS) is 8.90. The number of hydrogen-bond acceptors (Lipinski definition) is 2. The highest BCUT2D eigenvalue weighted by atomic mass is 79.9. The molecule has 0 spiro atoms. The molecule has 0 unspecified atom stereocenters. The maximum Gasteiger partial charge on any atom is 0.0584 e. The minimum absolute atomic E-state index is 0.853. The van der Waals surface area contributed by atoms with Crippen molar-refractivity contribution in [2.75, 3.05) is 11.9 Å². The number of halogens is 1. The lowest BCUT2D eigenvalue weighted by molar-refractivity contribution is 0.681. The Morgan fingerprint density at radius 1 is 1.20 bits per heavy atom. The van der Waals surface area contributed by atoms with Crippen molar-refractivity contribution >= 4 is 33.3 Å². The highest BCUT2D eigenvalue weighted by molar-refractivity contribution is 9.09. The van der Waals surface area contributed by atoms with Crippen LogP contribution in [0.15, 0.2) is 4.99 Å². The number of hydrogen-bond donors (Lipinski definition) is 0. The van der Waals surface area contributed by atoms with E-state index in [1.54, 1.807) is 0 Å². The van der Waals surface area contributed by atoms with Crippen molar-refractivity contribution in [1.29, 1.82) is 0 Å². The van der Waals surface area contributed by atoms with Gasteiger partial charge in [0.15, 0.2) is 0 Å². The summed E-state index contributed by atoms with van der Waals surface area (Å²) in [6, 6.07) is 0. The molecule has 0 heterocycles. The van der Waals surface area contributed by atoms with Crippen molar-refractivity contribution < 1.29 is 0 Å². The highest BCUT2D eigenvalue weighted by Crippen LogP contribution is 2.01. The van der Waals surface area contributed by atoms with E-state index in [1.165, 1.54) is 19.3 Å². The molecule has 0 aliphatic heterocycles. The van der Waals surface area contributed by atoms with Gasteiger partial charge in [-0.1, -0.05) is 28.8 Å². The van der Waals surface area contributed by atoms with Gasteiger partial charge in [0.1, 0.15) is 0 Å². The topological polar surface area (TPSA) is 12.4 Å². The second-order valence-electron chi connectivity index (χ2n) is 2.08. The second kappa shape index (κ2) is 9.28. The van der Waals surface area contributed by atoms with E-state index in [-0.39, 0.29) is 0 Å². The van der Waals surface area contributed by atoms with Gasteiger partial charge in [0.2, 0.25) is 0 Å². The summed E-state index contributed by atoms with van der Waals surface area (Å²) < 4.78 is 0. The average Bonchev–Trinajstić information content (AvgIpc) is 1.97. The van der Waals surface area contributed by atoms with E-state index in [2.05, 4.69) is 38.3 Å². The Kier molecular flexibility index (Phi) is 9.54. The predicted molar refractivity (Wildman–Crippen MR) is 52.2 cm³/mol. The van der Waals surface area contributed by atoms with Gasteiger partial charge in [-0.3, -0.25) is 0 Å². The van der Waals surface area contributed by atoms with Crippen LogP contribution in [0.5, 0.6) is 0 Å². The van der Waals surface area contributed by atoms with Crippen LogP contribution in [0.3, 0.4) is 0 Å². The Hall–Kier alpha value is 0.280. The molecule has 10 heavy (non-hydrogen) atoms. The molecule has 3 heteroatoms. The molecule has 58 valence electrons. The van der Waals surface area contributed by atoms with Gasteiger partial charge in [0, 0.05) is 11.9 Å². The predicted octanol–water partition coefficient (Wildman–Crippen LogP) is 3.04. The zero-order chi connectivity index (χ0) is 7.66. The maximum atomic E-state index is 4.43. The van der Waals surface area contributed by atoms with Gasteiger partial charge in [-0.25, -0.2) is 4.99 Å². The molecule has 0 N–H and O–H groups in total. The molecule has 1 nitrogen and oxygen atoms in total. The smallest absolute Gasteiger partial charge is 0.0584 e. The van der Waals surface area contributed by atoms with Gasteiger partial charge in [-0.15, -0.1) is 0 Å². The van der Waals surface area contributed by atoms with Crippen LogP contribution in [0.25, 0.3) is 0 Å². The third-order valence-electron chi connectivity index (χ3n) is 1.22. The Balaban J connectivity index is 2.83. The van der Waals surface area contributed by atoms with Gasteiger partial charge in [0.05, 0.1) is 5.16 Å². The minimum atomic E-state index is 0.853. The summed E-state index contributed by atoms with van der Waals surface area (Å²) in [5.74, 6) is 0. The average molecular weight is 222 g/mol. The van der Waals surface area contributed by atoms with E-state index in [0.717, 1.165) is 18.3 Å². The fourth-order valence-corrected chi connectivity index (χ4v) is 1.17. The van der Waals surface area contributed by atoms with E-state index in [1.807, 2.05) is 0 Å². The van der Waals surface area contributed by atoms with Crippen LogP contribution in [-0.4, -0.2) is 17.0 Å². The molecule has 0 aromatic carbocycles. The van der Waals surface area contributed by atoms with Crippen LogP contribution in [0, 0.1) is 0 Å². The lowest BCUT2D eigenvalue weighted by Crippen LogP contribution is -1.82. The number of alkyl halides is 1. The molecule has 0 saturated heterocycles. The van der Waals surface area contributed by atoms with Gasteiger partial charge in [0.25, 0.3) is 0 Å². The van der Waals surface area contributed by atoms with Gasteiger partial charge in [-0.2, -0.15) is 0 Å². The SMILES string of the molecule is S=C=NCCCCCCBr. The Morgan fingerprint density at radius 3 is 2.50 bits per heavy atom. The first kappa shape index (κ1) is 10.3. The number of rotatable bonds is 6. The van der Waals surface area contributed by atoms with Gasteiger partial charge in [-0.05, 0) is 25.1 Å². The second-order valence-corrected chi connectivity index (χ2v) is 3.05. The summed E-state index contributed by atoms with van der Waals surface area (Å²) in [6.07, 6.45) is 4.96. The van der Waals surface area contributed by atoms with Crippen molar-refractivity contribution in [1.82, 2.24) is 0 Å². The van der Waals surface area contributed by atoms with Crippen LogP contribution in [0.2, 0.25) is 0 Å². The first-order valence-electron chi connectivity index (χ1n) is 3.51. The first-order chi connectivity index (χ1) is 4.91. The monoisotopic (exact) mass is 221 g/mol. The number of aliphatic imine (C=N–C) groups is 1. The summed E-state index contributed by atoms with van der Waals surface area (Å²) >= 11 is 7.81. The molecular formula is C7H12BrNS. The third-order valence-corrected chi connectivity index (χ3v) is 1.91. The number of unbranched alkanes of at least 4 members (excludes halogenated alkanes) is 3. The molecule has 0 aromatic heterocycles. The van der Waals surface area contributed by atoms with E-state index >= 15 is 0 Å². The fourth-order valence-electron chi connectivity index (χ4n) is 0.685. The first-order valence-corrected chi connectivity index (χ1v) is 5.04. The summed E-state index contributed by atoms with van der Waals surface area (Å²) in [5.41, 5.74) is 0. The fraction of sp³-hybridized carbons (Fsp3) is 0.857. The molecule has 0 atom stereocenters. The zero-order valence-corrected chi connectivity index (χ0v) is 8.38. The molecule has 0 aromatic rings. The van der Waals surface area contributed by atoms with E-state index in [0.29, 0.717) is 0 Å². The Labute approximate surface area is 76.1 Å². The standard InChI is InChI=1S/C7H12BrNS/c8-5-3-1-2-4-6-9-7-10/h1-6H2. The Bertz CT molecular complexity index is 110. The van der Waals surface area contributed by atoms with Crippen LogP contribution in [-0.2, 0) is 0 Å². The quantitative estimate of drug-likeness (QED) is 0.291. The van der Waals surface area contributed by atoms with Crippen LogP contribution in [0.4, 0.5) is 0 Å². The molecule has 0 fully saturated rings. The molecule has 0 bridgehead atoms.